The average Bonchev–Trinajstić information content (AvgIpc) is 2.36. The molecule has 5 nitrogen and oxygen atoms in total. The molecule has 0 aromatic heterocycles. The first-order valence-electron chi connectivity index (χ1n) is 6.77. The van der Waals surface area contributed by atoms with E-state index in [1.807, 2.05) is 0 Å². The third-order valence-electron chi connectivity index (χ3n) is 3.40. The fraction of sp³-hybridized carbons (Fsp3) is 0.846. The highest BCUT2D eigenvalue weighted by Gasteiger charge is 2.14. The minimum Gasteiger partial charge on any atom is -0.481 e. The zero-order chi connectivity index (χ0) is 13.4. The van der Waals surface area contributed by atoms with Crippen molar-refractivity contribution in [2.24, 2.45) is 0 Å². The number of hydrogen-bond acceptors (Lipinski definition) is 3. The summed E-state index contributed by atoms with van der Waals surface area (Å²) in [4.78, 5) is 26.2. The molecule has 0 aromatic carbocycles. The average molecular weight is 256 g/mol. The van der Waals surface area contributed by atoms with Crippen LogP contribution < -0.4 is 0 Å². The molecule has 1 N–H and O–H groups in total. The third-order valence-corrected chi connectivity index (χ3v) is 3.40. The molecule has 1 rings (SSSR count). The van der Waals surface area contributed by atoms with Gasteiger partial charge in [0, 0.05) is 33.0 Å². The van der Waals surface area contributed by atoms with Crippen molar-refractivity contribution in [1.82, 2.24) is 9.80 Å². The van der Waals surface area contributed by atoms with Crippen molar-refractivity contribution in [2.45, 2.75) is 38.5 Å². The largest absolute Gasteiger partial charge is 0.481 e. The molecule has 0 saturated carbocycles. The van der Waals surface area contributed by atoms with Gasteiger partial charge < -0.3 is 14.9 Å². The van der Waals surface area contributed by atoms with Gasteiger partial charge in [-0.1, -0.05) is 6.42 Å². The second-order valence-corrected chi connectivity index (χ2v) is 4.96. The maximum Gasteiger partial charge on any atom is 0.303 e. The summed E-state index contributed by atoms with van der Waals surface area (Å²) >= 11 is 0. The van der Waals surface area contributed by atoms with Crippen LogP contribution in [0.1, 0.15) is 38.5 Å². The van der Waals surface area contributed by atoms with Crippen LogP contribution in [0, 0.1) is 0 Å². The zero-order valence-corrected chi connectivity index (χ0v) is 11.2. The van der Waals surface area contributed by atoms with Gasteiger partial charge in [0.25, 0.3) is 0 Å². The number of piperidine rings is 1. The van der Waals surface area contributed by atoms with Crippen molar-refractivity contribution in [3.8, 4) is 0 Å². The standard InChI is InChI=1S/C13H24N2O3/c1-14(8-5-6-13(17)18)12(16)7-11-15-9-3-2-4-10-15/h2-11H2,1H3,(H,17,18). The third kappa shape index (κ3) is 6.00. The lowest BCUT2D eigenvalue weighted by Gasteiger charge is -2.27. The molecule has 18 heavy (non-hydrogen) atoms. The van der Waals surface area contributed by atoms with Crippen molar-refractivity contribution < 1.29 is 14.7 Å². The number of hydrogen-bond donors (Lipinski definition) is 1. The molecule has 1 amide bonds. The van der Waals surface area contributed by atoms with E-state index >= 15 is 0 Å². The summed E-state index contributed by atoms with van der Waals surface area (Å²) in [5.74, 6) is -0.685. The van der Waals surface area contributed by atoms with Gasteiger partial charge in [0.1, 0.15) is 0 Å². The predicted octanol–water partition coefficient (Wildman–Crippen LogP) is 1.19. The predicted molar refractivity (Wildman–Crippen MR) is 69.4 cm³/mol. The highest BCUT2D eigenvalue weighted by Crippen LogP contribution is 2.09. The first-order valence-corrected chi connectivity index (χ1v) is 6.77. The van der Waals surface area contributed by atoms with Gasteiger partial charge in [0.05, 0.1) is 0 Å². The highest BCUT2D eigenvalue weighted by molar-refractivity contribution is 5.76. The molecule has 0 atom stereocenters. The smallest absolute Gasteiger partial charge is 0.303 e. The van der Waals surface area contributed by atoms with Crippen molar-refractivity contribution in [2.75, 3.05) is 33.2 Å². The topological polar surface area (TPSA) is 60.9 Å². The number of carboxylic acid groups (broad SMARTS) is 1. The quantitative estimate of drug-likeness (QED) is 0.743. The lowest BCUT2D eigenvalue weighted by atomic mass is 10.1. The molecule has 0 aromatic rings. The van der Waals surface area contributed by atoms with E-state index < -0.39 is 5.97 Å². The maximum absolute atomic E-state index is 11.8. The fourth-order valence-electron chi connectivity index (χ4n) is 2.22. The Bertz CT molecular complexity index is 275. The number of carboxylic acids is 1. The lowest BCUT2D eigenvalue weighted by Crippen LogP contribution is -2.35. The summed E-state index contributed by atoms with van der Waals surface area (Å²) in [5.41, 5.74) is 0. The molecule has 0 radical (unpaired) electrons. The SMILES string of the molecule is CN(CCCC(=O)O)C(=O)CCN1CCCCC1. The van der Waals surface area contributed by atoms with Crippen molar-refractivity contribution in [3.05, 3.63) is 0 Å². The molecular formula is C13H24N2O3. The normalized spacial score (nSPS) is 16.5. The van der Waals surface area contributed by atoms with Crippen molar-refractivity contribution in [1.29, 1.82) is 0 Å². The fourth-order valence-corrected chi connectivity index (χ4v) is 2.22. The number of rotatable bonds is 7. The van der Waals surface area contributed by atoms with Crippen molar-refractivity contribution in [3.63, 3.8) is 0 Å². The Morgan fingerprint density at radius 3 is 2.44 bits per heavy atom. The molecule has 0 bridgehead atoms. The minimum absolute atomic E-state index is 0.117. The zero-order valence-electron chi connectivity index (χ0n) is 11.2. The van der Waals surface area contributed by atoms with Crippen LogP contribution in [0.25, 0.3) is 0 Å². The number of amides is 1. The van der Waals surface area contributed by atoms with Crippen LogP contribution in [0.3, 0.4) is 0 Å². The Hall–Kier alpha value is -1.10. The van der Waals surface area contributed by atoms with E-state index in [-0.39, 0.29) is 12.3 Å². The van der Waals surface area contributed by atoms with Gasteiger partial charge >= 0.3 is 5.97 Å². The molecule has 0 unspecified atom stereocenters. The second-order valence-electron chi connectivity index (χ2n) is 4.96. The number of likely N-dealkylation sites (tertiary alicyclic amines) is 1. The van der Waals surface area contributed by atoms with Crippen LogP contribution in [-0.4, -0.2) is 60.0 Å². The molecule has 1 aliphatic heterocycles. The highest BCUT2D eigenvalue weighted by atomic mass is 16.4. The van der Waals surface area contributed by atoms with Crippen LogP contribution >= 0.6 is 0 Å². The van der Waals surface area contributed by atoms with Crippen LogP contribution in [0.2, 0.25) is 0 Å². The van der Waals surface area contributed by atoms with Gasteiger partial charge in [-0.05, 0) is 32.4 Å². The van der Waals surface area contributed by atoms with E-state index in [9.17, 15) is 9.59 Å². The number of nitrogens with zero attached hydrogens (tertiary/aromatic N) is 2. The molecule has 0 aliphatic carbocycles. The Morgan fingerprint density at radius 1 is 1.17 bits per heavy atom. The Kier molecular flexibility index (Phi) is 6.72. The number of carbonyl (C=O) groups is 2. The Labute approximate surface area is 109 Å². The summed E-state index contributed by atoms with van der Waals surface area (Å²) in [6.45, 7) is 3.58. The van der Waals surface area contributed by atoms with Gasteiger partial charge in [0.15, 0.2) is 0 Å². The van der Waals surface area contributed by atoms with E-state index in [4.69, 9.17) is 5.11 Å². The molecule has 0 spiro atoms. The summed E-state index contributed by atoms with van der Waals surface area (Å²) in [6, 6.07) is 0. The minimum atomic E-state index is -0.802. The molecule has 1 fully saturated rings. The van der Waals surface area contributed by atoms with Crippen molar-refractivity contribution >= 4 is 11.9 Å². The lowest BCUT2D eigenvalue weighted by molar-refractivity contribution is -0.138. The molecule has 1 heterocycles. The Balaban J connectivity index is 2.12. The van der Waals surface area contributed by atoms with Gasteiger partial charge in [-0.15, -0.1) is 0 Å². The summed E-state index contributed by atoms with van der Waals surface area (Å²) in [5, 5.41) is 8.53. The van der Waals surface area contributed by atoms with Crippen LogP contribution in [0.5, 0.6) is 0 Å². The maximum atomic E-state index is 11.8. The van der Waals surface area contributed by atoms with E-state index in [1.165, 1.54) is 19.3 Å². The summed E-state index contributed by atoms with van der Waals surface area (Å²) in [6.07, 6.45) is 4.99. The van der Waals surface area contributed by atoms with E-state index in [0.29, 0.717) is 19.4 Å². The van der Waals surface area contributed by atoms with Gasteiger partial charge in [-0.25, -0.2) is 0 Å². The molecular weight excluding hydrogens is 232 g/mol. The van der Waals surface area contributed by atoms with Gasteiger partial charge in [-0.3, -0.25) is 9.59 Å². The van der Waals surface area contributed by atoms with Gasteiger partial charge in [0.2, 0.25) is 5.91 Å². The second kappa shape index (κ2) is 8.08. The number of aliphatic carboxylic acids is 1. The Morgan fingerprint density at radius 2 is 1.83 bits per heavy atom. The van der Waals surface area contributed by atoms with Crippen LogP contribution in [0.15, 0.2) is 0 Å². The van der Waals surface area contributed by atoms with Gasteiger partial charge in [-0.2, -0.15) is 0 Å². The van der Waals surface area contributed by atoms with Crippen LogP contribution in [-0.2, 0) is 9.59 Å². The first kappa shape index (κ1) is 15.0. The molecule has 104 valence electrons. The monoisotopic (exact) mass is 256 g/mol. The summed E-state index contributed by atoms with van der Waals surface area (Å²) < 4.78 is 0. The number of carbonyl (C=O) groups excluding carboxylic acids is 1. The first-order chi connectivity index (χ1) is 8.59. The molecule has 1 saturated heterocycles. The van der Waals surface area contributed by atoms with Crippen LogP contribution in [0.4, 0.5) is 0 Å². The van der Waals surface area contributed by atoms with E-state index in [2.05, 4.69) is 4.90 Å². The molecule has 1 aliphatic rings. The summed E-state index contributed by atoms with van der Waals surface area (Å²) in [7, 11) is 1.75. The van der Waals surface area contributed by atoms with E-state index in [0.717, 1.165) is 19.6 Å². The van der Waals surface area contributed by atoms with E-state index in [1.54, 1.807) is 11.9 Å². The molecule has 5 heteroatoms.